The van der Waals surface area contributed by atoms with Gasteiger partial charge < -0.3 is 9.47 Å². The highest BCUT2D eigenvalue weighted by atomic mass is 16.5. The van der Waals surface area contributed by atoms with E-state index in [4.69, 9.17) is 14.5 Å². The van der Waals surface area contributed by atoms with Crippen LogP contribution in [0, 0.1) is 0 Å². The van der Waals surface area contributed by atoms with Gasteiger partial charge in [-0.15, -0.1) is 0 Å². The predicted octanol–water partition coefficient (Wildman–Crippen LogP) is 5.18. The molecular formula is C25H21N3O2. The van der Waals surface area contributed by atoms with Crippen LogP contribution < -0.4 is 9.47 Å². The SMILES string of the molecule is COc1cc2c(Cc3ccccc3)nc3c(cnn3-c3ccccc3)c2cc1OC. The highest BCUT2D eigenvalue weighted by Gasteiger charge is 2.17. The lowest BCUT2D eigenvalue weighted by Gasteiger charge is -2.13. The summed E-state index contributed by atoms with van der Waals surface area (Å²) in [5.74, 6) is 1.38. The van der Waals surface area contributed by atoms with Gasteiger partial charge in [0.15, 0.2) is 17.1 Å². The van der Waals surface area contributed by atoms with Gasteiger partial charge in [0.1, 0.15) is 0 Å². The van der Waals surface area contributed by atoms with E-state index in [-0.39, 0.29) is 0 Å². The van der Waals surface area contributed by atoms with E-state index in [1.54, 1.807) is 14.2 Å². The van der Waals surface area contributed by atoms with E-state index >= 15 is 0 Å². The van der Waals surface area contributed by atoms with Crippen LogP contribution in [0.4, 0.5) is 0 Å². The molecule has 0 aliphatic heterocycles. The normalized spacial score (nSPS) is 11.1. The highest BCUT2D eigenvalue weighted by Crippen LogP contribution is 2.37. The topological polar surface area (TPSA) is 49.2 Å². The molecule has 0 fully saturated rings. The number of hydrogen-bond acceptors (Lipinski definition) is 4. The summed E-state index contributed by atoms with van der Waals surface area (Å²) in [5, 5.41) is 7.71. The fourth-order valence-corrected chi connectivity index (χ4v) is 3.85. The van der Waals surface area contributed by atoms with Gasteiger partial charge in [0, 0.05) is 22.6 Å². The first-order valence-corrected chi connectivity index (χ1v) is 9.80. The van der Waals surface area contributed by atoms with Crippen LogP contribution in [0.15, 0.2) is 79.0 Å². The van der Waals surface area contributed by atoms with E-state index in [9.17, 15) is 0 Å². The Morgan fingerprint density at radius 3 is 2.07 bits per heavy atom. The third-order valence-electron chi connectivity index (χ3n) is 5.32. The van der Waals surface area contributed by atoms with E-state index in [0.717, 1.165) is 33.2 Å². The van der Waals surface area contributed by atoms with Gasteiger partial charge in [0.25, 0.3) is 0 Å². The van der Waals surface area contributed by atoms with E-state index in [1.165, 1.54) is 5.56 Å². The summed E-state index contributed by atoms with van der Waals surface area (Å²) in [6.07, 6.45) is 2.58. The fraction of sp³-hybridized carbons (Fsp3) is 0.120. The summed E-state index contributed by atoms with van der Waals surface area (Å²) in [5.41, 5.74) is 3.98. The quantitative estimate of drug-likeness (QED) is 0.411. The van der Waals surface area contributed by atoms with E-state index in [2.05, 4.69) is 17.2 Å². The van der Waals surface area contributed by atoms with Crippen molar-refractivity contribution in [3.63, 3.8) is 0 Å². The van der Waals surface area contributed by atoms with Gasteiger partial charge in [0.2, 0.25) is 0 Å². The molecule has 0 saturated heterocycles. The smallest absolute Gasteiger partial charge is 0.163 e. The Morgan fingerprint density at radius 1 is 0.767 bits per heavy atom. The largest absolute Gasteiger partial charge is 0.493 e. The minimum Gasteiger partial charge on any atom is -0.493 e. The van der Waals surface area contributed by atoms with Crippen LogP contribution in [0.1, 0.15) is 11.3 Å². The van der Waals surface area contributed by atoms with Gasteiger partial charge in [-0.3, -0.25) is 0 Å². The van der Waals surface area contributed by atoms with Crippen molar-refractivity contribution in [3.8, 4) is 17.2 Å². The first-order chi connectivity index (χ1) is 14.8. The fourth-order valence-electron chi connectivity index (χ4n) is 3.85. The number of fused-ring (bicyclic) bond motifs is 3. The molecule has 2 aromatic heterocycles. The van der Waals surface area contributed by atoms with E-state index < -0.39 is 0 Å². The predicted molar refractivity (Wildman–Crippen MR) is 119 cm³/mol. The summed E-state index contributed by atoms with van der Waals surface area (Å²) in [7, 11) is 3.31. The molecule has 0 atom stereocenters. The minimum absolute atomic E-state index is 0.690. The first-order valence-electron chi connectivity index (χ1n) is 9.80. The van der Waals surface area contributed by atoms with Gasteiger partial charge >= 0.3 is 0 Å². The molecule has 0 N–H and O–H groups in total. The van der Waals surface area contributed by atoms with Crippen LogP contribution in [0.5, 0.6) is 11.5 Å². The second-order valence-electron chi connectivity index (χ2n) is 7.10. The maximum atomic E-state index is 5.57. The van der Waals surface area contributed by atoms with Crippen LogP contribution in [0.3, 0.4) is 0 Å². The van der Waals surface area contributed by atoms with Gasteiger partial charge in [-0.25, -0.2) is 9.67 Å². The second kappa shape index (κ2) is 7.52. The molecule has 5 aromatic rings. The lowest BCUT2D eigenvalue weighted by atomic mass is 10.0. The summed E-state index contributed by atoms with van der Waals surface area (Å²) in [6, 6.07) is 24.5. The molecule has 0 aliphatic carbocycles. The minimum atomic E-state index is 0.690. The monoisotopic (exact) mass is 395 g/mol. The van der Waals surface area contributed by atoms with Gasteiger partial charge in [-0.2, -0.15) is 5.10 Å². The van der Waals surface area contributed by atoms with Crippen molar-refractivity contribution in [1.29, 1.82) is 0 Å². The molecule has 0 unspecified atom stereocenters. The highest BCUT2D eigenvalue weighted by molar-refractivity contribution is 6.07. The standard InChI is InChI=1S/C25H21N3O2/c1-29-23-14-19-20(15-24(23)30-2)22(13-17-9-5-3-6-10-17)27-25-21(19)16-26-28(25)18-11-7-4-8-12-18/h3-12,14-16H,13H2,1-2H3. The van der Waals surface area contributed by atoms with Crippen LogP contribution in [0.25, 0.3) is 27.5 Å². The average Bonchev–Trinajstić information content (AvgIpc) is 3.23. The van der Waals surface area contributed by atoms with Crippen LogP contribution >= 0.6 is 0 Å². The van der Waals surface area contributed by atoms with Crippen LogP contribution in [-0.2, 0) is 6.42 Å². The lowest BCUT2D eigenvalue weighted by molar-refractivity contribution is 0.356. The molecule has 0 bridgehead atoms. The van der Waals surface area contributed by atoms with E-state index in [1.807, 2.05) is 71.5 Å². The van der Waals surface area contributed by atoms with Gasteiger partial charge in [0.05, 0.1) is 31.8 Å². The zero-order valence-corrected chi connectivity index (χ0v) is 16.9. The number of benzene rings is 3. The number of pyridine rings is 1. The van der Waals surface area contributed by atoms with Gasteiger partial charge in [-0.1, -0.05) is 48.5 Å². The Bertz CT molecular complexity index is 1330. The van der Waals surface area contributed by atoms with E-state index in [0.29, 0.717) is 17.9 Å². The van der Waals surface area contributed by atoms with Crippen molar-refractivity contribution in [2.45, 2.75) is 6.42 Å². The molecule has 3 aromatic carbocycles. The molecule has 5 rings (SSSR count). The number of hydrogen-bond donors (Lipinski definition) is 0. The molecule has 0 saturated carbocycles. The van der Waals surface area contributed by atoms with Crippen molar-refractivity contribution in [2.24, 2.45) is 0 Å². The molecule has 0 spiro atoms. The summed E-state index contributed by atoms with van der Waals surface area (Å²) >= 11 is 0. The molecule has 148 valence electrons. The maximum Gasteiger partial charge on any atom is 0.163 e. The van der Waals surface area contributed by atoms with Gasteiger partial charge in [-0.05, 0) is 29.8 Å². The number of para-hydroxylation sites is 1. The Morgan fingerprint density at radius 2 is 1.40 bits per heavy atom. The first kappa shape index (κ1) is 18.2. The zero-order chi connectivity index (χ0) is 20.5. The lowest BCUT2D eigenvalue weighted by Crippen LogP contribution is -2.01. The van der Waals surface area contributed by atoms with Crippen molar-refractivity contribution < 1.29 is 9.47 Å². The molecule has 30 heavy (non-hydrogen) atoms. The Kier molecular flexibility index (Phi) is 4.56. The number of nitrogens with zero attached hydrogens (tertiary/aromatic N) is 3. The molecule has 5 heteroatoms. The van der Waals surface area contributed by atoms with Crippen molar-refractivity contribution in [1.82, 2.24) is 14.8 Å². The van der Waals surface area contributed by atoms with Crippen LogP contribution in [-0.4, -0.2) is 29.0 Å². The maximum absolute atomic E-state index is 5.57. The Labute approximate surface area is 174 Å². The number of rotatable bonds is 5. The Hall–Kier alpha value is -3.86. The van der Waals surface area contributed by atoms with Crippen molar-refractivity contribution in [3.05, 3.63) is 90.3 Å². The van der Waals surface area contributed by atoms with Crippen LogP contribution in [0.2, 0.25) is 0 Å². The summed E-state index contributed by atoms with van der Waals surface area (Å²) in [4.78, 5) is 5.07. The zero-order valence-electron chi connectivity index (χ0n) is 16.9. The Balaban J connectivity index is 1.82. The molecule has 0 aliphatic rings. The number of methoxy groups -OCH3 is 2. The molecule has 0 radical (unpaired) electrons. The molecular weight excluding hydrogens is 374 g/mol. The third kappa shape index (κ3) is 3.05. The third-order valence-corrected chi connectivity index (χ3v) is 5.32. The second-order valence-corrected chi connectivity index (χ2v) is 7.10. The van der Waals surface area contributed by atoms with Crippen molar-refractivity contribution >= 4 is 21.8 Å². The van der Waals surface area contributed by atoms with Crippen molar-refractivity contribution in [2.75, 3.05) is 14.2 Å². The average molecular weight is 395 g/mol. The molecule has 0 amide bonds. The molecule has 2 heterocycles. The summed E-state index contributed by atoms with van der Waals surface area (Å²) in [6.45, 7) is 0. The summed E-state index contributed by atoms with van der Waals surface area (Å²) < 4.78 is 13.0. The number of aromatic nitrogens is 3. The number of ether oxygens (including phenoxy) is 2. The molecule has 5 nitrogen and oxygen atoms in total.